The number of hydrogen-bond donors (Lipinski definition) is 1. The second-order valence-electron chi connectivity index (χ2n) is 11.3. The highest BCUT2D eigenvalue weighted by molar-refractivity contribution is 6.04. The Bertz CT molecular complexity index is 1550. The van der Waals surface area contributed by atoms with Crippen LogP contribution in [0, 0.1) is 19.7 Å². The number of carbonyl (C=O) groups excluding carboxylic acids is 1. The highest BCUT2D eigenvalue weighted by Gasteiger charge is 2.30. The first-order valence-electron chi connectivity index (χ1n) is 13.4. The number of nitrogens with zero attached hydrogens (tertiary/aromatic N) is 5. The van der Waals surface area contributed by atoms with Crippen LogP contribution in [0.5, 0.6) is 0 Å². The van der Waals surface area contributed by atoms with E-state index < -0.39 is 5.60 Å². The SMILES string of the molecule is Cc1ccc(CN2CCN(C(=O)c3cc4c(-c5ccnc(C(C)(C)O)n5)cn(C)c4cc3C)C(C)C2)c(F)c1. The van der Waals surface area contributed by atoms with Gasteiger partial charge < -0.3 is 14.6 Å². The van der Waals surface area contributed by atoms with Crippen molar-refractivity contribution < 1.29 is 14.3 Å². The number of carbonyl (C=O) groups is 1. The average Bonchev–Trinajstić information content (AvgIpc) is 3.20. The first-order valence-corrected chi connectivity index (χ1v) is 13.4. The predicted octanol–water partition coefficient (Wildman–Crippen LogP) is 4.97. The number of hydrogen-bond acceptors (Lipinski definition) is 5. The summed E-state index contributed by atoms with van der Waals surface area (Å²) in [5.41, 5.74) is 4.58. The second kappa shape index (κ2) is 10.2. The van der Waals surface area contributed by atoms with Crippen LogP contribution in [0.25, 0.3) is 22.2 Å². The van der Waals surface area contributed by atoms with E-state index in [-0.39, 0.29) is 17.8 Å². The van der Waals surface area contributed by atoms with Gasteiger partial charge in [0.2, 0.25) is 0 Å². The highest BCUT2D eigenvalue weighted by atomic mass is 19.1. The predicted molar refractivity (Wildman–Crippen MR) is 151 cm³/mol. The molecule has 0 saturated carbocycles. The summed E-state index contributed by atoms with van der Waals surface area (Å²) in [5.74, 6) is 0.164. The summed E-state index contributed by atoms with van der Waals surface area (Å²) < 4.78 is 16.5. The Balaban J connectivity index is 1.41. The number of aliphatic hydroxyl groups is 1. The van der Waals surface area contributed by atoms with Crippen molar-refractivity contribution in [1.82, 2.24) is 24.3 Å². The minimum Gasteiger partial charge on any atom is -0.382 e. The van der Waals surface area contributed by atoms with Crippen LogP contribution in [0.3, 0.4) is 0 Å². The molecule has 1 amide bonds. The van der Waals surface area contributed by atoms with E-state index in [0.29, 0.717) is 48.8 Å². The molecule has 2 aromatic carbocycles. The Hall–Kier alpha value is -3.62. The highest BCUT2D eigenvalue weighted by Crippen LogP contribution is 2.33. The van der Waals surface area contributed by atoms with Crippen molar-refractivity contribution in [2.45, 2.75) is 52.8 Å². The van der Waals surface area contributed by atoms with E-state index in [2.05, 4.69) is 21.8 Å². The number of amides is 1. The minimum atomic E-state index is -1.16. The molecular weight excluding hydrogens is 493 g/mol. The lowest BCUT2D eigenvalue weighted by Crippen LogP contribution is -2.53. The van der Waals surface area contributed by atoms with Gasteiger partial charge in [-0.25, -0.2) is 14.4 Å². The van der Waals surface area contributed by atoms with Crippen LogP contribution in [0.4, 0.5) is 4.39 Å². The van der Waals surface area contributed by atoms with Crippen molar-refractivity contribution >= 4 is 16.8 Å². The van der Waals surface area contributed by atoms with Crippen LogP contribution in [0.1, 0.15) is 53.6 Å². The molecule has 1 saturated heterocycles. The number of benzene rings is 2. The molecule has 1 aliphatic heterocycles. The molecule has 2 aromatic heterocycles. The summed E-state index contributed by atoms with van der Waals surface area (Å²) in [6.45, 7) is 11.7. The van der Waals surface area contributed by atoms with Gasteiger partial charge in [-0.1, -0.05) is 12.1 Å². The number of halogens is 1. The van der Waals surface area contributed by atoms with Crippen LogP contribution in [-0.2, 0) is 19.2 Å². The monoisotopic (exact) mass is 529 g/mol. The maximum Gasteiger partial charge on any atom is 0.254 e. The summed E-state index contributed by atoms with van der Waals surface area (Å²) >= 11 is 0. The van der Waals surface area contributed by atoms with Crippen LogP contribution in [0.2, 0.25) is 0 Å². The van der Waals surface area contributed by atoms with Gasteiger partial charge in [0.15, 0.2) is 5.82 Å². The van der Waals surface area contributed by atoms with Gasteiger partial charge in [-0.05, 0) is 70.0 Å². The van der Waals surface area contributed by atoms with E-state index in [1.807, 2.05) is 66.9 Å². The van der Waals surface area contributed by atoms with Gasteiger partial charge in [-0.2, -0.15) is 0 Å². The van der Waals surface area contributed by atoms with Crippen molar-refractivity contribution in [3.63, 3.8) is 0 Å². The van der Waals surface area contributed by atoms with Crippen LogP contribution in [-0.4, -0.2) is 61.0 Å². The lowest BCUT2D eigenvalue weighted by atomic mass is 10.00. The molecule has 4 aromatic rings. The molecule has 0 spiro atoms. The lowest BCUT2D eigenvalue weighted by molar-refractivity contribution is 0.0472. The molecule has 1 aliphatic rings. The van der Waals surface area contributed by atoms with Crippen molar-refractivity contribution in [2.75, 3.05) is 19.6 Å². The third kappa shape index (κ3) is 5.31. The molecule has 1 unspecified atom stereocenters. The van der Waals surface area contributed by atoms with E-state index in [1.54, 1.807) is 26.1 Å². The standard InChI is InChI=1S/C31H36FN5O2/c1-19-7-8-22(26(32)13-19)17-36-11-12-37(21(3)16-36)29(38)23-15-24-25(18-35(6)28(24)14-20(23)2)27-9-10-33-30(34-27)31(4,5)39/h7-10,13-15,18,21,39H,11-12,16-17H2,1-6H3. The summed E-state index contributed by atoms with van der Waals surface area (Å²) in [7, 11) is 1.98. The van der Waals surface area contributed by atoms with Gasteiger partial charge in [0, 0.05) is 79.3 Å². The Kier molecular flexibility index (Phi) is 7.03. The zero-order chi connectivity index (χ0) is 28.1. The van der Waals surface area contributed by atoms with Crippen molar-refractivity contribution in [3.8, 4) is 11.3 Å². The van der Waals surface area contributed by atoms with Crippen LogP contribution in [0.15, 0.2) is 48.8 Å². The van der Waals surface area contributed by atoms with Gasteiger partial charge in [-0.15, -0.1) is 0 Å². The summed E-state index contributed by atoms with van der Waals surface area (Å²) in [6, 6.07) is 11.2. The maximum atomic E-state index is 14.4. The zero-order valence-electron chi connectivity index (χ0n) is 23.5. The van der Waals surface area contributed by atoms with Gasteiger partial charge in [0.05, 0.1) is 5.69 Å². The second-order valence-corrected chi connectivity index (χ2v) is 11.3. The summed E-state index contributed by atoms with van der Waals surface area (Å²) in [4.78, 5) is 26.9. The molecule has 1 atom stereocenters. The van der Waals surface area contributed by atoms with E-state index in [9.17, 15) is 14.3 Å². The normalized spacial score (nSPS) is 16.7. The van der Waals surface area contributed by atoms with Crippen molar-refractivity contribution in [3.05, 3.63) is 82.7 Å². The fraction of sp³-hybridized carbons (Fsp3) is 0.387. The van der Waals surface area contributed by atoms with Gasteiger partial charge in [0.1, 0.15) is 11.4 Å². The average molecular weight is 530 g/mol. The van der Waals surface area contributed by atoms with Crippen LogP contribution >= 0.6 is 0 Å². The van der Waals surface area contributed by atoms with Crippen molar-refractivity contribution in [1.29, 1.82) is 0 Å². The zero-order valence-corrected chi connectivity index (χ0v) is 23.5. The lowest BCUT2D eigenvalue weighted by Gasteiger charge is -2.40. The molecule has 1 N–H and O–H groups in total. The first-order chi connectivity index (χ1) is 18.4. The Morgan fingerprint density at radius 3 is 2.62 bits per heavy atom. The molecule has 8 heteroatoms. The molecule has 3 heterocycles. The Morgan fingerprint density at radius 2 is 1.92 bits per heavy atom. The largest absolute Gasteiger partial charge is 0.382 e. The summed E-state index contributed by atoms with van der Waals surface area (Å²) in [6.07, 6.45) is 3.65. The Morgan fingerprint density at radius 1 is 1.15 bits per heavy atom. The first kappa shape index (κ1) is 27.0. The van der Waals surface area contributed by atoms with Gasteiger partial charge in [-0.3, -0.25) is 9.69 Å². The quantitative estimate of drug-likeness (QED) is 0.395. The Labute approximate surface area is 228 Å². The molecule has 5 rings (SSSR count). The third-order valence-corrected chi connectivity index (χ3v) is 7.62. The molecule has 1 fully saturated rings. The number of aryl methyl sites for hydroxylation is 3. The van der Waals surface area contributed by atoms with E-state index in [4.69, 9.17) is 0 Å². The van der Waals surface area contributed by atoms with Gasteiger partial charge in [0.25, 0.3) is 5.91 Å². The fourth-order valence-corrected chi connectivity index (χ4v) is 5.43. The molecule has 7 nitrogen and oxygen atoms in total. The minimum absolute atomic E-state index is 0.00209. The molecule has 39 heavy (non-hydrogen) atoms. The van der Waals surface area contributed by atoms with Crippen molar-refractivity contribution in [2.24, 2.45) is 7.05 Å². The number of rotatable bonds is 5. The fourth-order valence-electron chi connectivity index (χ4n) is 5.43. The molecule has 0 radical (unpaired) electrons. The number of fused-ring (bicyclic) bond motifs is 1. The maximum absolute atomic E-state index is 14.4. The van der Waals surface area contributed by atoms with E-state index in [1.165, 1.54) is 0 Å². The molecule has 204 valence electrons. The van der Waals surface area contributed by atoms with Gasteiger partial charge >= 0.3 is 0 Å². The topological polar surface area (TPSA) is 74.5 Å². The number of aromatic nitrogens is 3. The number of piperazine rings is 1. The molecule has 0 aliphatic carbocycles. The molecular formula is C31H36FN5O2. The summed E-state index contributed by atoms with van der Waals surface area (Å²) in [5, 5.41) is 11.3. The molecule has 0 bridgehead atoms. The van der Waals surface area contributed by atoms with E-state index >= 15 is 0 Å². The van der Waals surface area contributed by atoms with E-state index in [0.717, 1.165) is 27.6 Å². The van der Waals surface area contributed by atoms with Crippen LogP contribution < -0.4 is 0 Å². The smallest absolute Gasteiger partial charge is 0.254 e. The third-order valence-electron chi connectivity index (χ3n) is 7.62.